The standard InChI is InChI=1S/C22H20N2O5S/c1-29-22(26)17-9-8-10-18(15-17)23-21(25)16-24(19-11-4-2-5-12-19)30(27,28)20-13-6-3-7-14-20/h2-15H,16H2,1H3,(H,23,25). The van der Waals surface area contributed by atoms with E-state index in [-0.39, 0.29) is 10.5 Å². The fraction of sp³-hybridized carbons (Fsp3) is 0.0909. The molecule has 0 unspecified atom stereocenters. The van der Waals surface area contributed by atoms with Gasteiger partial charge in [-0.3, -0.25) is 9.10 Å². The highest BCUT2D eigenvalue weighted by atomic mass is 32.2. The van der Waals surface area contributed by atoms with Gasteiger partial charge < -0.3 is 10.1 Å². The van der Waals surface area contributed by atoms with E-state index in [1.54, 1.807) is 66.7 Å². The molecular formula is C22H20N2O5S. The van der Waals surface area contributed by atoms with Gasteiger partial charge in [0.05, 0.1) is 23.3 Å². The quantitative estimate of drug-likeness (QED) is 0.588. The maximum atomic E-state index is 13.2. The first-order chi connectivity index (χ1) is 14.4. The average molecular weight is 424 g/mol. The predicted molar refractivity (Wildman–Crippen MR) is 114 cm³/mol. The molecule has 3 aromatic rings. The highest BCUT2D eigenvalue weighted by molar-refractivity contribution is 7.92. The summed E-state index contributed by atoms with van der Waals surface area (Å²) in [5.74, 6) is -1.09. The van der Waals surface area contributed by atoms with E-state index in [2.05, 4.69) is 10.1 Å². The lowest BCUT2D eigenvalue weighted by molar-refractivity contribution is -0.114. The van der Waals surface area contributed by atoms with Crippen molar-refractivity contribution in [2.75, 3.05) is 23.3 Å². The van der Waals surface area contributed by atoms with Gasteiger partial charge in [-0.1, -0.05) is 42.5 Å². The van der Waals surface area contributed by atoms with Crippen molar-refractivity contribution in [3.05, 3.63) is 90.5 Å². The van der Waals surface area contributed by atoms with Gasteiger partial charge in [-0.05, 0) is 42.5 Å². The summed E-state index contributed by atoms with van der Waals surface area (Å²) in [5.41, 5.74) is 0.986. The normalized spacial score (nSPS) is 10.8. The monoisotopic (exact) mass is 424 g/mol. The maximum absolute atomic E-state index is 13.2. The van der Waals surface area contributed by atoms with E-state index in [1.807, 2.05) is 0 Å². The zero-order valence-electron chi connectivity index (χ0n) is 16.2. The van der Waals surface area contributed by atoms with Crippen LogP contribution < -0.4 is 9.62 Å². The minimum atomic E-state index is -3.97. The van der Waals surface area contributed by atoms with Crippen LogP contribution in [0.5, 0.6) is 0 Å². The Labute approximate surface area is 175 Å². The minimum Gasteiger partial charge on any atom is -0.465 e. The molecule has 0 bridgehead atoms. The summed E-state index contributed by atoms with van der Waals surface area (Å²) < 4.78 is 32.1. The molecule has 0 fully saturated rings. The molecule has 30 heavy (non-hydrogen) atoms. The second kappa shape index (κ2) is 9.23. The summed E-state index contributed by atoms with van der Waals surface area (Å²) in [6, 6.07) is 22.5. The van der Waals surface area contributed by atoms with E-state index >= 15 is 0 Å². The van der Waals surface area contributed by atoms with Crippen LogP contribution in [0.3, 0.4) is 0 Å². The maximum Gasteiger partial charge on any atom is 0.337 e. The predicted octanol–water partition coefficient (Wildman–Crippen LogP) is 3.31. The SMILES string of the molecule is COC(=O)c1cccc(NC(=O)CN(c2ccccc2)S(=O)(=O)c2ccccc2)c1. The van der Waals surface area contributed by atoms with Crippen LogP contribution >= 0.6 is 0 Å². The van der Waals surface area contributed by atoms with Gasteiger partial charge in [0, 0.05) is 5.69 Å². The van der Waals surface area contributed by atoms with Crippen LogP contribution in [0.15, 0.2) is 89.8 Å². The Morgan fingerprint density at radius 3 is 2.17 bits per heavy atom. The zero-order chi connectivity index (χ0) is 21.6. The number of rotatable bonds is 7. The highest BCUT2D eigenvalue weighted by Gasteiger charge is 2.27. The number of hydrogen-bond donors (Lipinski definition) is 1. The third kappa shape index (κ3) is 4.84. The lowest BCUT2D eigenvalue weighted by atomic mass is 10.2. The van der Waals surface area contributed by atoms with E-state index in [0.29, 0.717) is 11.4 Å². The van der Waals surface area contributed by atoms with Crippen molar-refractivity contribution in [2.45, 2.75) is 4.90 Å². The van der Waals surface area contributed by atoms with Crippen molar-refractivity contribution in [2.24, 2.45) is 0 Å². The van der Waals surface area contributed by atoms with Gasteiger partial charge in [0.1, 0.15) is 6.54 Å². The molecule has 0 saturated carbocycles. The fourth-order valence-corrected chi connectivity index (χ4v) is 4.24. The molecule has 1 N–H and O–H groups in total. The van der Waals surface area contributed by atoms with E-state index in [0.717, 1.165) is 4.31 Å². The van der Waals surface area contributed by atoms with E-state index in [9.17, 15) is 18.0 Å². The summed E-state index contributed by atoms with van der Waals surface area (Å²) in [4.78, 5) is 24.4. The number of benzene rings is 3. The Balaban J connectivity index is 1.87. The molecule has 0 atom stereocenters. The Morgan fingerprint density at radius 2 is 1.53 bits per heavy atom. The van der Waals surface area contributed by atoms with Crippen LogP contribution in [0.25, 0.3) is 0 Å². The average Bonchev–Trinajstić information content (AvgIpc) is 2.78. The molecule has 0 aliphatic heterocycles. The van der Waals surface area contributed by atoms with Crippen LogP contribution in [0, 0.1) is 0 Å². The van der Waals surface area contributed by atoms with Crippen molar-refractivity contribution in [1.82, 2.24) is 0 Å². The van der Waals surface area contributed by atoms with E-state index < -0.39 is 28.4 Å². The molecule has 0 aromatic heterocycles. The van der Waals surface area contributed by atoms with Crippen molar-refractivity contribution < 1.29 is 22.7 Å². The number of para-hydroxylation sites is 1. The number of methoxy groups -OCH3 is 1. The third-order valence-electron chi connectivity index (χ3n) is 4.23. The molecule has 8 heteroatoms. The molecule has 0 aliphatic carbocycles. The van der Waals surface area contributed by atoms with Gasteiger partial charge in [-0.25, -0.2) is 13.2 Å². The third-order valence-corrected chi connectivity index (χ3v) is 6.02. The lowest BCUT2D eigenvalue weighted by Crippen LogP contribution is -2.38. The molecule has 3 rings (SSSR count). The van der Waals surface area contributed by atoms with Gasteiger partial charge in [0.25, 0.3) is 10.0 Å². The van der Waals surface area contributed by atoms with Crippen LogP contribution in [-0.2, 0) is 19.6 Å². The Bertz CT molecular complexity index is 1130. The largest absolute Gasteiger partial charge is 0.465 e. The van der Waals surface area contributed by atoms with Crippen molar-refractivity contribution in [3.63, 3.8) is 0 Å². The van der Waals surface area contributed by atoms with Crippen LogP contribution in [0.4, 0.5) is 11.4 Å². The van der Waals surface area contributed by atoms with Gasteiger partial charge in [-0.15, -0.1) is 0 Å². The van der Waals surface area contributed by atoms with Crippen molar-refractivity contribution >= 4 is 33.3 Å². The molecule has 154 valence electrons. The molecular weight excluding hydrogens is 404 g/mol. The Kier molecular flexibility index (Phi) is 6.48. The summed E-state index contributed by atoms with van der Waals surface area (Å²) in [6.07, 6.45) is 0. The first-order valence-electron chi connectivity index (χ1n) is 9.03. The van der Waals surface area contributed by atoms with Crippen LogP contribution in [0.2, 0.25) is 0 Å². The second-order valence-electron chi connectivity index (χ2n) is 6.28. The van der Waals surface area contributed by atoms with Crippen LogP contribution in [-0.4, -0.2) is 33.9 Å². The van der Waals surface area contributed by atoms with Crippen LogP contribution in [0.1, 0.15) is 10.4 Å². The summed E-state index contributed by atoms with van der Waals surface area (Å²) in [6.45, 7) is -0.441. The van der Waals surface area contributed by atoms with Gasteiger partial charge in [0.15, 0.2) is 0 Å². The Hall–Kier alpha value is -3.65. The number of anilines is 2. The van der Waals surface area contributed by atoms with Crippen molar-refractivity contribution in [1.29, 1.82) is 0 Å². The number of amides is 1. The van der Waals surface area contributed by atoms with E-state index in [1.165, 1.54) is 25.3 Å². The number of nitrogens with one attached hydrogen (secondary N) is 1. The smallest absolute Gasteiger partial charge is 0.337 e. The molecule has 0 radical (unpaired) electrons. The number of carbonyl (C=O) groups excluding carboxylic acids is 2. The number of carbonyl (C=O) groups is 2. The topological polar surface area (TPSA) is 92.8 Å². The first-order valence-corrected chi connectivity index (χ1v) is 10.5. The van der Waals surface area contributed by atoms with Crippen molar-refractivity contribution in [3.8, 4) is 0 Å². The van der Waals surface area contributed by atoms with Gasteiger partial charge >= 0.3 is 5.97 Å². The lowest BCUT2D eigenvalue weighted by Gasteiger charge is -2.24. The molecule has 7 nitrogen and oxygen atoms in total. The number of sulfonamides is 1. The Morgan fingerprint density at radius 1 is 0.900 bits per heavy atom. The molecule has 0 heterocycles. The van der Waals surface area contributed by atoms with E-state index in [4.69, 9.17) is 0 Å². The van der Waals surface area contributed by atoms with Gasteiger partial charge in [0.2, 0.25) is 5.91 Å². The minimum absolute atomic E-state index is 0.0781. The number of hydrogen-bond acceptors (Lipinski definition) is 5. The van der Waals surface area contributed by atoms with Gasteiger partial charge in [-0.2, -0.15) is 0 Å². The first kappa shape index (κ1) is 21.1. The molecule has 3 aromatic carbocycles. The summed E-state index contributed by atoms with van der Waals surface area (Å²) in [7, 11) is -2.70. The fourth-order valence-electron chi connectivity index (χ4n) is 2.80. The number of nitrogens with zero attached hydrogens (tertiary/aromatic N) is 1. The number of esters is 1. The zero-order valence-corrected chi connectivity index (χ0v) is 17.0. The molecule has 0 aliphatic rings. The molecule has 1 amide bonds. The molecule has 0 spiro atoms. The highest BCUT2D eigenvalue weighted by Crippen LogP contribution is 2.23. The second-order valence-corrected chi connectivity index (χ2v) is 8.14. The molecule has 0 saturated heterocycles. The number of ether oxygens (including phenoxy) is 1. The summed E-state index contributed by atoms with van der Waals surface area (Å²) >= 11 is 0. The summed E-state index contributed by atoms with van der Waals surface area (Å²) in [5, 5.41) is 2.63.